The summed E-state index contributed by atoms with van der Waals surface area (Å²) in [4.78, 5) is 0. The van der Waals surface area contributed by atoms with Gasteiger partial charge in [-0.3, -0.25) is 0 Å². The highest BCUT2D eigenvalue weighted by molar-refractivity contribution is 5.07. The van der Waals surface area contributed by atoms with Crippen LogP contribution in [-0.4, -0.2) is 5.11 Å². The van der Waals surface area contributed by atoms with Crippen molar-refractivity contribution < 1.29 is 5.11 Å². The second kappa shape index (κ2) is 18.0. The van der Waals surface area contributed by atoms with Crippen LogP contribution in [0.4, 0.5) is 0 Å². The molecule has 0 saturated carbocycles. The zero-order chi connectivity index (χ0) is 22.8. The molecule has 30 heavy (non-hydrogen) atoms. The van der Waals surface area contributed by atoms with E-state index >= 15 is 0 Å². The van der Waals surface area contributed by atoms with E-state index in [0.29, 0.717) is 5.76 Å². The summed E-state index contributed by atoms with van der Waals surface area (Å²) in [5.41, 5.74) is 7.36. The van der Waals surface area contributed by atoms with E-state index in [2.05, 4.69) is 71.9 Å². The van der Waals surface area contributed by atoms with Crippen molar-refractivity contribution in [3.05, 3.63) is 70.1 Å². The number of unbranched alkanes of at least 4 members (excludes halogenated alkanes) is 1. The van der Waals surface area contributed by atoms with Crippen LogP contribution in [-0.2, 0) is 0 Å². The average molecular weight is 413 g/mol. The Morgan fingerprint density at radius 2 is 0.733 bits per heavy atom. The highest BCUT2D eigenvalue weighted by atomic mass is 16.3. The molecule has 1 N–H and O–H groups in total. The molecule has 0 aromatic heterocycles. The first-order valence-electron chi connectivity index (χ1n) is 11.8. The van der Waals surface area contributed by atoms with Crippen molar-refractivity contribution in [3.63, 3.8) is 0 Å². The van der Waals surface area contributed by atoms with E-state index in [9.17, 15) is 5.11 Å². The fourth-order valence-corrected chi connectivity index (χ4v) is 3.26. The number of aliphatic hydroxyl groups excluding tert-OH is 1. The Bertz CT molecular complexity index is 584. The van der Waals surface area contributed by atoms with Crippen LogP contribution in [0, 0.1) is 0 Å². The summed E-state index contributed by atoms with van der Waals surface area (Å²) >= 11 is 0. The molecular weight excluding hydrogens is 364 g/mol. The zero-order valence-electron chi connectivity index (χ0n) is 21.0. The summed E-state index contributed by atoms with van der Waals surface area (Å²) in [6, 6.07) is 0. The third kappa shape index (κ3) is 19.6. The van der Waals surface area contributed by atoms with Crippen LogP contribution in [0.5, 0.6) is 0 Å². The van der Waals surface area contributed by atoms with Crippen molar-refractivity contribution in [2.75, 3.05) is 0 Å². The summed E-state index contributed by atoms with van der Waals surface area (Å²) in [6.07, 6.45) is 25.0. The molecule has 0 aliphatic heterocycles. The summed E-state index contributed by atoms with van der Waals surface area (Å²) in [5.74, 6) is 0.424. The third-order valence-electron chi connectivity index (χ3n) is 5.28. The maximum absolute atomic E-state index is 9.18. The maximum Gasteiger partial charge on any atom is 0.0852 e. The molecule has 0 heterocycles. The van der Waals surface area contributed by atoms with E-state index in [1.807, 2.05) is 6.08 Å². The van der Waals surface area contributed by atoms with Crippen molar-refractivity contribution in [1.29, 1.82) is 0 Å². The second-order valence-corrected chi connectivity index (χ2v) is 9.06. The number of hydrogen-bond donors (Lipinski definition) is 1. The number of hydrogen-bond acceptors (Lipinski definition) is 1. The van der Waals surface area contributed by atoms with Gasteiger partial charge in [0, 0.05) is 0 Å². The molecule has 0 atom stereocenters. The summed E-state index contributed by atoms with van der Waals surface area (Å²) in [7, 11) is 0. The zero-order valence-corrected chi connectivity index (χ0v) is 21.0. The molecule has 0 aliphatic carbocycles. The van der Waals surface area contributed by atoms with E-state index in [4.69, 9.17) is 0 Å². The van der Waals surface area contributed by atoms with Gasteiger partial charge in [-0.25, -0.2) is 0 Å². The highest BCUT2D eigenvalue weighted by Gasteiger charge is 1.94. The Morgan fingerprint density at radius 1 is 0.433 bits per heavy atom. The van der Waals surface area contributed by atoms with Gasteiger partial charge in [0.15, 0.2) is 0 Å². The molecule has 0 unspecified atom stereocenters. The Kier molecular flexibility index (Phi) is 17.0. The monoisotopic (exact) mass is 412 g/mol. The van der Waals surface area contributed by atoms with Crippen molar-refractivity contribution >= 4 is 0 Å². The van der Waals surface area contributed by atoms with E-state index in [0.717, 1.165) is 44.9 Å². The Labute approximate surface area is 188 Å². The minimum atomic E-state index is 0.424. The molecule has 0 rings (SSSR count). The lowest BCUT2D eigenvalue weighted by molar-refractivity contribution is 0.411. The number of allylic oxidation sites excluding steroid dienone is 12. The van der Waals surface area contributed by atoms with Gasteiger partial charge in [0.25, 0.3) is 0 Å². The van der Waals surface area contributed by atoms with Gasteiger partial charge in [-0.15, -0.1) is 0 Å². The second-order valence-electron chi connectivity index (χ2n) is 9.06. The fraction of sp³-hybridized carbons (Fsp3) is 0.586. The van der Waals surface area contributed by atoms with E-state index < -0.39 is 0 Å². The van der Waals surface area contributed by atoms with Crippen LogP contribution in [0.15, 0.2) is 70.1 Å². The lowest BCUT2D eigenvalue weighted by atomic mass is 10.0. The first-order chi connectivity index (χ1) is 14.2. The van der Waals surface area contributed by atoms with Crippen molar-refractivity contribution in [1.82, 2.24) is 0 Å². The lowest BCUT2D eigenvalue weighted by Crippen LogP contribution is -1.82. The predicted molar refractivity (Wildman–Crippen MR) is 137 cm³/mol. The van der Waals surface area contributed by atoms with Gasteiger partial charge in [-0.2, -0.15) is 0 Å². The normalized spacial score (nSPS) is 14.3. The molecule has 0 bridgehead atoms. The van der Waals surface area contributed by atoms with Gasteiger partial charge in [0.05, 0.1) is 5.76 Å². The third-order valence-corrected chi connectivity index (χ3v) is 5.28. The molecule has 0 amide bonds. The molecule has 170 valence electrons. The average Bonchev–Trinajstić information content (AvgIpc) is 2.64. The molecule has 0 radical (unpaired) electrons. The van der Waals surface area contributed by atoms with Gasteiger partial charge < -0.3 is 5.11 Å². The van der Waals surface area contributed by atoms with Gasteiger partial charge in [-0.05, 0) is 119 Å². The summed E-state index contributed by atoms with van der Waals surface area (Å²) in [5, 5.41) is 9.18. The number of rotatable bonds is 15. The van der Waals surface area contributed by atoms with E-state index in [1.54, 1.807) is 6.92 Å². The van der Waals surface area contributed by atoms with Crippen LogP contribution in [0.3, 0.4) is 0 Å². The van der Waals surface area contributed by atoms with Crippen LogP contribution in [0.25, 0.3) is 0 Å². The first-order valence-corrected chi connectivity index (χ1v) is 11.8. The molecule has 0 aliphatic rings. The minimum absolute atomic E-state index is 0.424. The quantitative estimate of drug-likeness (QED) is 0.161. The lowest BCUT2D eigenvalue weighted by Gasteiger charge is -2.02. The minimum Gasteiger partial charge on any atom is -0.513 e. The van der Waals surface area contributed by atoms with Gasteiger partial charge >= 0.3 is 0 Å². The SMILES string of the molecule is CC(C)=CCC/C(C)=C/CC/C(C)=C/CC/C=C(\C)CC/C=C(\C)CCC=C(C)O. The van der Waals surface area contributed by atoms with Crippen molar-refractivity contribution in [2.24, 2.45) is 0 Å². The Balaban J connectivity index is 4.05. The fourth-order valence-electron chi connectivity index (χ4n) is 3.26. The molecule has 0 aromatic carbocycles. The van der Waals surface area contributed by atoms with Crippen LogP contribution in [0.1, 0.15) is 113 Å². The molecule has 0 spiro atoms. The molecule has 0 saturated heterocycles. The maximum atomic E-state index is 9.18. The molecule has 1 nitrogen and oxygen atoms in total. The Morgan fingerprint density at radius 3 is 1.07 bits per heavy atom. The molecule has 1 heteroatoms. The summed E-state index contributed by atoms with van der Waals surface area (Å²) < 4.78 is 0. The smallest absolute Gasteiger partial charge is 0.0852 e. The van der Waals surface area contributed by atoms with Gasteiger partial charge in [0.1, 0.15) is 0 Å². The van der Waals surface area contributed by atoms with E-state index in [1.165, 1.54) is 47.1 Å². The number of aliphatic hydroxyl groups is 1. The molecule has 0 fully saturated rings. The van der Waals surface area contributed by atoms with Crippen LogP contribution >= 0.6 is 0 Å². The molecule has 0 aromatic rings. The topological polar surface area (TPSA) is 20.2 Å². The largest absolute Gasteiger partial charge is 0.513 e. The van der Waals surface area contributed by atoms with Crippen molar-refractivity contribution in [3.8, 4) is 0 Å². The van der Waals surface area contributed by atoms with E-state index in [-0.39, 0.29) is 0 Å². The first kappa shape index (κ1) is 28.2. The Hall–Kier alpha value is -1.76. The van der Waals surface area contributed by atoms with Gasteiger partial charge in [-0.1, -0.05) is 58.2 Å². The van der Waals surface area contributed by atoms with Gasteiger partial charge in [0.2, 0.25) is 0 Å². The summed E-state index contributed by atoms with van der Waals surface area (Å²) in [6.45, 7) is 15.0. The molecular formula is C29H48O. The standard InChI is InChI=1S/C29H48O/c1-24(2)14-10-17-27(5)20-11-18-25(3)15-8-9-16-26(4)19-12-21-28(6)22-13-23-29(7)30/h14-16,20-21,23,30H,8-13,17-19,22H2,1-7H3/b25-15+,26-16+,27-20+,28-21+,29-23?. The van der Waals surface area contributed by atoms with Crippen molar-refractivity contribution in [2.45, 2.75) is 113 Å². The highest BCUT2D eigenvalue weighted by Crippen LogP contribution is 2.14. The van der Waals surface area contributed by atoms with Crippen LogP contribution < -0.4 is 0 Å². The van der Waals surface area contributed by atoms with Crippen LogP contribution in [0.2, 0.25) is 0 Å². The predicted octanol–water partition coefficient (Wildman–Crippen LogP) is 10.1.